The van der Waals surface area contributed by atoms with Gasteiger partial charge in [0.2, 0.25) is 11.8 Å². The number of hydrogen-bond donors (Lipinski definition) is 1. The molecular formula is C21H22N2O4. The predicted octanol–water partition coefficient (Wildman–Crippen LogP) is 3.26. The maximum Gasteiger partial charge on any atom is 0.248 e. The van der Waals surface area contributed by atoms with Gasteiger partial charge in [0, 0.05) is 37.0 Å². The number of amides is 2. The van der Waals surface area contributed by atoms with E-state index in [4.69, 9.17) is 9.47 Å². The molecule has 2 amide bonds. The first-order valence-electron chi connectivity index (χ1n) is 8.63. The molecule has 0 radical (unpaired) electrons. The molecule has 1 heterocycles. The Kier molecular flexibility index (Phi) is 5.45. The molecule has 2 aromatic rings. The number of carbonyl (C=O) groups excluding carboxylic acids is 2. The molecule has 0 saturated carbocycles. The topological polar surface area (TPSA) is 67.9 Å². The second-order valence-electron chi connectivity index (χ2n) is 6.23. The van der Waals surface area contributed by atoms with E-state index >= 15 is 0 Å². The third-order valence-corrected chi connectivity index (χ3v) is 4.42. The molecule has 0 atom stereocenters. The number of ether oxygens (including phenoxy) is 2. The Balaban J connectivity index is 1.70. The lowest BCUT2D eigenvalue weighted by molar-refractivity contribution is -0.116. The summed E-state index contributed by atoms with van der Waals surface area (Å²) < 4.78 is 10.5. The Morgan fingerprint density at radius 1 is 1.07 bits per heavy atom. The molecule has 140 valence electrons. The van der Waals surface area contributed by atoms with Crippen LogP contribution in [0, 0.1) is 0 Å². The molecule has 0 saturated heterocycles. The highest BCUT2D eigenvalue weighted by molar-refractivity contribution is 6.02. The average molecular weight is 366 g/mol. The van der Waals surface area contributed by atoms with Crippen LogP contribution in [0.25, 0.3) is 6.08 Å². The van der Waals surface area contributed by atoms with E-state index in [1.165, 1.54) is 6.08 Å². The van der Waals surface area contributed by atoms with Crippen LogP contribution in [0.5, 0.6) is 11.5 Å². The maximum atomic E-state index is 12.2. The average Bonchev–Trinajstić information content (AvgIpc) is 3.09. The van der Waals surface area contributed by atoms with E-state index in [2.05, 4.69) is 5.32 Å². The Morgan fingerprint density at radius 2 is 1.78 bits per heavy atom. The van der Waals surface area contributed by atoms with Gasteiger partial charge in [0.15, 0.2) is 0 Å². The highest BCUT2D eigenvalue weighted by atomic mass is 16.5. The van der Waals surface area contributed by atoms with Crippen molar-refractivity contribution in [1.82, 2.24) is 0 Å². The summed E-state index contributed by atoms with van der Waals surface area (Å²) in [7, 11) is 3.16. The summed E-state index contributed by atoms with van der Waals surface area (Å²) in [4.78, 5) is 25.6. The molecule has 1 aliphatic heterocycles. The van der Waals surface area contributed by atoms with Gasteiger partial charge in [0.1, 0.15) is 11.5 Å². The van der Waals surface area contributed by atoms with Crippen LogP contribution >= 0.6 is 0 Å². The first kappa shape index (κ1) is 18.5. The SMILES string of the molecule is COc1cc(/C=C/C(=O)Nc2ccc3c(c2)CCN3C(C)=O)cc(OC)c1. The number of rotatable bonds is 5. The van der Waals surface area contributed by atoms with Crippen molar-refractivity contribution >= 4 is 29.3 Å². The first-order chi connectivity index (χ1) is 13.0. The van der Waals surface area contributed by atoms with E-state index in [0.29, 0.717) is 23.7 Å². The zero-order chi connectivity index (χ0) is 19.4. The van der Waals surface area contributed by atoms with Gasteiger partial charge >= 0.3 is 0 Å². The summed E-state index contributed by atoms with van der Waals surface area (Å²) in [5.41, 5.74) is 3.48. The zero-order valence-corrected chi connectivity index (χ0v) is 15.6. The van der Waals surface area contributed by atoms with Crippen molar-refractivity contribution in [1.29, 1.82) is 0 Å². The molecule has 2 aromatic carbocycles. The Labute approximate surface area is 158 Å². The summed E-state index contributed by atoms with van der Waals surface area (Å²) >= 11 is 0. The normalized spacial score (nSPS) is 12.8. The molecule has 0 spiro atoms. The summed E-state index contributed by atoms with van der Waals surface area (Å²) in [6, 6.07) is 11.0. The maximum absolute atomic E-state index is 12.2. The number of hydrogen-bond acceptors (Lipinski definition) is 4. The first-order valence-corrected chi connectivity index (χ1v) is 8.63. The fourth-order valence-electron chi connectivity index (χ4n) is 3.09. The van der Waals surface area contributed by atoms with Gasteiger partial charge < -0.3 is 19.7 Å². The molecular weight excluding hydrogens is 344 g/mol. The highest BCUT2D eigenvalue weighted by Gasteiger charge is 2.22. The number of nitrogens with zero attached hydrogens (tertiary/aromatic N) is 1. The third kappa shape index (κ3) is 4.28. The summed E-state index contributed by atoms with van der Waals surface area (Å²) in [6.07, 6.45) is 3.95. The fraction of sp³-hybridized carbons (Fsp3) is 0.238. The van der Waals surface area contributed by atoms with Crippen LogP contribution in [0.3, 0.4) is 0 Å². The van der Waals surface area contributed by atoms with Gasteiger partial charge in [-0.15, -0.1) is 0 Å². The van der Waals surface area contributed by atoms with E-state index in [-0.39, 0.29) is 11.8 Å². The third-order valence-electron chi connectivity index (χ3n) is 4.42. The quantitative estimate of drug-likeness (QED) is 0.825. The number of nitrogens with one attached hydrogen (secondary N) is 1. The minimum absolute atomic E-state index is 0.0298. The van der Waals surface area contributed by atoms with E-state index in [1.807, 2.05) is 24.3 Å². The molecule has 0 fully saturated rings. The van der Waals surface area contributed by atoms with Crippen LogP contribution in [0.4, 0.5) is 11.4 Å². The zero-order valence-electron chi connectivity index (χ0n) is 15.6. The lowest BCUT2D eigenvalue weighted by atomic mass is 10.1. The van der Waals surface area contributed by atoms with Crippen LogP contribution in [0.1, 0.15) is 18.1 Å². The largest absolute Gasteiger partial charge is 0.497 e. The van der Waals surface area contributed by atoms with Crippen LogP contribution in [0.15, 0.2) is 42.5 Å². The van der Waals surface area contributed by atoms with Gasteiger partial charge in [-0.25, -0.2) is 0 Å². The van der Waals surface area contributed by atoms with Crippen molar-refractivity contribution in [3.8, 4) is 11.5 Å². The van der Waals surface area contributed by atoms with Gasteiger partial charge in [0.25, 0.3) is 0 Å². The molecule has 0 aliphatic carbocycles. The molecule has 6 heteroatoms. The second-order valence-corrected chi connectivity index (χ2v) is 6.23. The summed E-state index contributed by atoms with van der Waals surface area (Å²) in [5, 5.41) is 2.85. The van der Waals surface area contributed by atoms with Gasteiger partial charge in [-0.05, 0) is 54.0 Å². The number of carbonyl (C=O) groups is 2. The fourth-order valence-corrected chi connectivity index (χ4v) is 3.09. The number of benzene rings is 2. The minimum Gasteiger partial charge on any atom is -0.497 e. The van der Waals surface area contributed by atoms with Crippen LogP contribution < -0.4 is 19.7 Å². The molecule has 6 nitrogen and oxygen atoms in total. The molecule has 0 bridgehead atoms. The Morgan fingerprint density at radius 3 is 2.41 bits per heavy atom. The molecule has 1 aliphatic rings. The molecule has 0 unspecified atom stereocenters. The lowest BCUT2D eigenvalue weighted by Crippen LogP contribution is -2.25. The minimum atomic E-state index is -0.238. The monoisotopic (exact) mass is 366 g/mol. The lowest BCUT2D eigenvalue weighted by Gasteiger charge is -2.14. The van der Waals surface area contributed by atoms with E-state index in [9.17, 15) is 9.59 Å². The second kappa shape index (κ2) is 7.95. The highest BCUT2D eigenvalue weighted by Crippen LogP contribution is 2.30. The molecule has 3 rings (SSSR count). The molecule has 0 aromatic heterocycles. The Bertz CT molecular complexity index is 883. The van der Waals surface area contributed by atoms with Gasteiger partial charge in [-0.2, -0.15) is 0 Å². The number of anilines is 2. The number of fused-ring (bicyclic) bond motifs is 1. The van der Waals surface area contributed by atoms with E-state index in [0.717, 1.165) is 23.2 Å². The van der Waals surface area contributed by atoms with Crippen LogP contribution in [0.2, 0.25) is 0 Å². The molecule has 1 N–H and O–H groups in total. The van der Waals surface area contributed by atoms with Crippen molar-refractivity contribution in [3.05, 3.63) is 53.6 Å². The van der Waals surface area contributed by atoms with E-state index < -0.39 is 0 Å². The number of methoxy groups -OCH3 is 2. The van der Waals surface area contributed by atoms with Crippen molar-refractivity contribution in [2.45, 2.75) is 13.3 Å². The van der Waals surface area contributed by atoms with Gasteiger partial charge in [0.05, 0.1) is 14.2 Å². The van der Waals surface area contributed by atoms with Crippen molar-refractivity contribution in [2.24, 2.45) is 0 Å². The summed E-state index contributed by atoms with van der Waals surface area (Å²) in [6.45, 7) is 2.24. The standard InChI is InChI=1S/C21H22N2O4/c1-14(24)23-9-8-16-12-17(5-6-20(16)23)22-21(25)7-4-15-10-18(26-2)13-19(11-15)27-3/h4-7,10-13H,8-9H2,1-3H3,(H,22,25)/b7-4+. The summed E-state index contributed by atoms with van der Waals surface area (Å²) in [5.74, 6) is 1.10. The van der Waals surface area contributed by atoms with Gasteiger partial charge in [-0.3, -0.25) is 9.59 Å². The van der Waals surface area contributed by atoms with Crippen molar-refractivity contribution in [2.75, 3.05) is 31.0 Å². The van der Waals surface area contributed by atoms with Crippen molar-refractivity contribution < 1.29 is 19.1 Å². The predicted molar refractivity (Wildman–Crippen MR) is 105 cm³/mol. The van der Waals surface area contributed by atoms with Crippen LogP contribution in [-0.2, 0) is 16.0 Å². The van der Waals surface area contributed by atoms with Gasteiger partial charge in [-0.1, -0.05) is 0 Å². The van der Waals surface area contributed by atoms with Crippen LogP contribution in [-0.4, -0.2) is 32.6 Å². The van der Waals surface area contributed by atoms with E-state index in [1.54, 1.807) is 44.3 Å². The molecule has 27 heavy (non-hydrogen) atoms. The Hall–Kier alpha value is -3.28. The smallest absolute Gasteiger partial charge is 0.248 e. The van der Waals surface area contributed by atoms with Crippen molar-refractivity contribution in [3.63, 3.8) is 0 Å².